The minimum absolute atomic E-state index is 0.0694. The molecule has 0 spiro atoms. The molecule has 36 heavy (non-hydrogen) atoms. The second-order valence-corrected chi connectivity index (χ2v) is 8.84. The Kier molecular flexibility index (Phi) is 7.25. The zero-order chi connectivity index (χ0) is 24.9. The molecule has 0 saturated carbocycles. The Bertz CT molecular complexity index is 1330. The van der Waals surface area contributed by atoms with E-state index in [1.165, 1.54) is 0 Å². The number of nitrogens with zero attached hydrogens (tertiary/aromatic N) is 2. The maximum absolute atomic E-state index is 12.8. The maximum atomic E-state index is 12.8. The zero-order valence-electron chi connectivity index (χ0n) is 20.7. The highest BCUT2D eigenvalue weighted by molar-refractivity contribution is 6.07. The highest BCUT2D eigenvalue weighted by Crippen LogP contribution is 2.36. The molecular weight excluding hydrogens is 458 g/mol. The SMILES string of the molecule is COc1ccc(OCCN2CCN(CC(=O)Nc3cc4oc5ccccc5c4cc3OC)CC2)cc1. The van der Waals surface area contributed by atoms with Gasteiger partial charge in [0.2, 0.25) is 5.91 Å². The van der Waals surface area contributed by atoms with Crippen LogP contribution in [0.4, 0.5) is 5.69 Å². The number of nitrogens with one attached hydrogen (secondary N) is 1. The maximum Gasteiger partial charge on any atom is 0.238 e. The van der Waals surface area contributed by atoms with Gasteiger partial charge in [-0.3, -0.25) is 14.6 Å². The topological polar surface area (TPSA) is 76.4 Å². The number of carbonyl (C=O) groups is 1. The number of methoxy groups -OCH3 is 2. The third-order valence-corrected chi connectivity index (χ3v) is 6.54. The summed E-state index contributed by atoms with van der Waals surface area (Å²) in [6, 6.07) is 19.2. The summed E-state index contributed by atoms with van der Waals surface area (Å²) >= 11 is 0. The van der Waals surface area contributed by atoms with E-state index in [2.05, 4.69) is 15.1 Å². The molecule has 0 unspecified atom stereocenters. The summed E-state index contributed by atoms with van der Waals surface area (Å²) < 4.78 is 22.5. The average molecular weight is 490 g/mol. The van der Waals surface area contributed by atoms with Crippen molar-refractivity contribution in [3.8, 4) is 17.2 Å². The lowest BCUT2D eigenvalue weighted by Gasteiger charge is -2.34. The van der Waals surface area contributed by atoms with E-state index in [4.69, 9.17) is 18.6 Å². The number of amides is 1. The van der Waals surface area contributed by atoms with Crippen LogP contribution < -0.4 is 19.5 Å². The molecule has 1 amide bonds. The number of hydrogen-bond acceptors (Lipinski definition) is 7. The highest BCUT2D eigenvalue weighted by atomic mass is 16.5. The largest absolute Gasteiger partial charge is 0.497 e. The van der Waals surface area contributed by atoms with Crippen LogP contribution in [0.1, 0.15) is 0 Å². The third kappa shape index (κ3) is 5.40. The van der Waals surface area contributed by atoms with Gasteiger partial charge in [-0.05, 0) is 36.4 Å². The van der Waals surface area contributed by atoms with Crippen molar-refractivity contribution in [3.63, 3.8) is 0 Å². The summed E-state index contributed by atoms with van der Waals surface area (Å²) in [5, 5.41) is 5.00. The Morgan fingerprint density at radius 2 is 1.58 bits per heavy atom. The Balaban J connectivity index is 1.11. The van der Waals surface area contributed by atoms with Crippen LogP contribution in [0.15, 0.2) is 65.1 Å². The van der Waals surface area contributed by atoms with E-state index < -0.39 is 0 Å². The lowest BCUT2D eigenvalue weighted by Crippen LogP contribution is -2.49. The van der Waals surface area contributed by atoms with E-state index in [0.717, 1.165) is 66.2 Å². The van der Waals surface area contributed by atoms with Gasteiger partial charge in [-0.2, -0.15) is 0 Å². The molecule has 0 aliphatic carbocycles. The predicted molar refractivity (Wildman–Crippen MR) is 140 cm³/mol. The van der Waals surface area contributed by atoms with E-state index in [0.29, 0.717) is 24.6 Å². The lowest BCUT2D eigenvalue weighted by atomic mass is 10.1. The van der Waals surface area contributed by atoms with Gasteiger partial charge in [0.1, 0.15) is 35.0 Å². The first-order chi connectivity index (χ1) is 17.6. The molecule has 1 saturated heterocycles. The van der Waals surface area contributed by atoms with Crippen molar-refractivity contribution in [2.75, 3.05) is 65.4 Å². The van der Waals surface area contributed by atoms with Gasteiger partial charge in [-0.1, -0.05) is 18.2 Å². The summed E-state index contributed by atoms with van der Waals surface area (Å²) in [6.45, 7) is 5.25. The fourth-order valence-electron chi connectivity index (χ4n) is 4.55. The molecule has 188 valence electrons. The number of anilines is 1. The molecular formula is C28H31N3O5. The number of fused-ring (bicyclic) bond motifs is 3. The highest BCUT2D eigenvalue weighted by Gasteiger charge is 2.20. The molecule has 1 aliphatic heterocycles. The summed E-state index contributed by atoms with van der Waals surface area (Å²) in [5.41, 5.74) is 2.14. The van der Waals surface area contributed by atoms with Crippen LogP contribution in [-0.4, -0.2) is 75.8 Å². The van der Waals surface area contributed by atoms with Crippen molar-refractivity contribution in [1.29, 1.82) is 0 Å². The van der Waals surface area contributed by atoms with Gasteiger partial charge < -0.3 is 23.9 Å². The Morgan fingerprint density at radius 3 is 2.33 bits per heavy atom. The number of para-hydroxylation sites is 1. The van der Waals surface area contributed by atoms with Crippen molar-refractivity contribution in [2.45, 2.75) is 0 Å². The van der Waals surface area contributed by atoms with E-state index in [1.807, 2.05) is 60.7 Å². The normalized spacial score (nSPS) is 14.7. The molecule has 4 aromatic rings. The van der Waals surface area contributed by atoms with Crippen LogP contribution >= 0.6 is 0 Å². The number of hydrogen-bond donors (Lipinski definition) is 1. The van der Waals surface area contributed by atoms with Crippen LogP contribution in [0.25, 0.3) is 21.9 Å². The fraction of sp³-hybridized carbons (Fsp3) is 0.321. The molecule has 1 N–H and O–H groups in total. The third-order valence-electron chi connectivity index (χ3n) is 6.54. The standard InChI is InChI=1S/C28H31N3O5/c1-33-20-7-9-21(10-8-20)35-16-15-30-11-13-31(14-12-30)19-28(32)29-24-18-26-23(17-27(24)34-2)22-5-3-4-6-25(22)36-26/h3-10,17-18H,11-16,19H2,1-2H3,(H,29,32). The number of piperazine rings is 1. The number of ether oxygens (including phenoxy) is 3. The summed E-state index contributed by atoms with van der Waals surface area (Å²) in [5.74, 6) is 2.20. The number of furan rings is 1. The second kappa shape index (κ2) is 10.9. The first-order valence-electron chi connectivity index (χ1n) is 12.1. The summed E-state index contributed by atoms with van der Waals surface area (Å²) in [4.78, 5) is 17.4. The van der Waals surface area contributed by atoms with Crippen molar-refractivity contribution < 1.29 is 23.4 Å². The summed E-state index contributed by atoms with van der Waals surface area (Å²) in [6.07, 6.45) is 0. The van der Waals surface area contributed by atoms with Gasteiger partial charge in [-0.15, -0.1) is 0 Å². The van der Waals surface area contributed by atoms with Crippen LogP contribution in [0.5, 0.6) is 17.2 Å². The van der Waals surface area contributed by atoms with Crippen LogP contribution in [-0.2, 0) is 4.79 Å². The van der Waals surface area contributed by atoms with Crippen molar-refractivity contribution in [2.24, 2.45) is 0 Å². The van der Waals surface area contributed by atoms with Gasteiger partial charge in [0, 0.05) is 49.6 Å². The molecule has 0 bridgehead atoms. The first kappa shape index (κ1) is 24.0. The molecule has 0 atom stereocenters. The van der Waals surface area contributed by atoms with Crippen LogP contribution in [0, 0.1) is 0 Å². The van der Waals surface area contributed by atoms with Gasteiger partial charge in [0.25, 0.3) is 0 Å². The van der Waals surface area contributed by atoms with Gasteiger partial charge in [0.15, 0.2) is 0 Å². The number of rotatable bonds is 9. The van der Waals surface area contributed by atoms with Crippen molar-refractivity contribution in [3.05, 3.63) is 60.7 Å². The lowest BCUT2D eigenvalue weighted by molar-refractivity contribution is -0.117. The Hall–Kier alpha value is -3.75. The minimum Gasteiger partial charge on any atom is -0.497 e. The molecule has 1 fully saturated rings. The van der Waals surface area contributed by atoms with Gasteiger partial charge >= 0.3 is 0 Å². The van der Waals surface area contributed by atoms with Crippen LogP contribution in [0.2, 0.25) is 0 Å². The van der Waals surface area contributed by atoms with Crippen molar-refractivity contribution >= 4 is 33.5 Å². The monoisotopic (exact) mass is 489 g/mol. The van der Waals surface area contributed by atoms with Gasteiger partial charge in [-0.25, -0.2) is 0 Å². The molecule has 3 aromatic carbocycles. The van der Waals surface area contributed by atoms with Crippen LogP contribution in [0.3, 0.4) is 0 Å². The Morgan fingerprint density at radius 1 is 0.861 bits per heavy atom. The summed E-state index contributed by atoms with van der Waals surface area (Å²) in [7, 11) is 3.26. The average Bonchev–Trinajstić information content (AvgIpc) is 3.27. The first-order valence-corrected chi connectivity index (χ1v) is 12.1. The predicted octanol–water partition coefficient (Wildman–Crippen LogP) is 4.24. The Labute approximate surface area is 210 Å². The van der Waals surface area contributed by atoms with E-state index in [1.54, 1.807) is 14.2 Å². The molecule has 8 nitrogen and oxygen atoms in total. The van der Waals surface area contributed by atoms with Gasteiger partial charge in [0.05, 0.1) is 26.5 Å². The molecule has 1 aliphatic rings. The molecule has 8 heteroatoms. The van der Waals surface area contributed by atoms with E-state index in [-0.39, 0.29) is 5.91 Å². The second-order valence-electron chi connectivity index (χ2n) is 8.84. The minimum atomic E-state index is -0.0694. The fourth-order valence-corrected chi connectivity index (χ4v) is 4.55. The smallest absolute Gasteiger partial charge is 0.238 e. The molecule has 2 heterocycles. The van der Waals surface area contributed by atoms with Crippen molar-refractivity contribution in [1.82, 2.24) is 9.80 Å². The number of carbonyl (C=O) groups excluding carboxylic acids is 1. The zero-order valence-corrected chi connectivity index (χ0v) is 20.7. The van der Waals surface area contributed by atoms with E-state index >= 15 is 0 Å². The molecule has 0 radical (unpaired) electrons. The van der Waals surface area contributed by atoms with E-state index in [9.17, 15) is 4.79 Å². The number of benzene rings is 3. The quantitative estimate of drug-likeness (QED) is 0.377. The molecule has 1 aromatic heterocycles. The molecule has 5 rings (SSSR count).